The van der Waals surface area contributed by atoms with Crippen molar-refractivity contribution in [2.75, 3.05) is 5.73 Å². The molecule has 1 aromatic carbocycles. The first-order chi connectivity index (χ1) is 9.15. The fraction of sp³-hybridized carbons (Fsp3) is 0.0833. The molecule has 3 aromatic rings. The summed E-state index contributed by atoms with van der Waals surface area (Å²) in [5, 5.41) is 7.60. The van der Waals surface area contributed by atoms with Crippen molar-refractivity contribution in [2.45, 2.75) is 6.92 Å². The minimum absolute atomic E-state index is 0.0512. The van der Waals surface area contributed by atoms with Crippen molar-refractivity contribution in [1.82, 2.24) is 19.6 Å². The quantitative estimate of drug-likeness (QED) is 0.711. The maximum absolute atomic E-state index is 13.8. The normalized spacial score (nSPS) is 10.8. The molecule has 0 unspecified atom stereocenters. The summed E-state index contributed by atoms with van der Waals surface area (Å²) in [5.41, 5.74) is 7.13. The Morgan fingerprint density at radius 2 is 2.21 bits per heavy atom. The third-order valence-corrected chi connectivity index (χ3v) is 2.71. The highest BCUT2D eigenvalue weighted by atomic mass is 19.1. The number of hydrogen-bond donors (Lipinski definition) is 1. The number of rotatable bonds is 2. The Hall–Kier alpha value is -2.70. The van der Waals surface area contributed by atoms with Gasteiger partial charge in [0.05, 0.1) is 0 Å². The minimum Gasteiger partial charge on any atom is -0.433 e. The van der Waals surface area contributed by atoms with Crippen LogP contribution in [-0.2, 0) is 0 Å². The molecule has 0 radical (unpaired) electrons. The summed E-state index contributed by atoms with van der Waals surface area (Å²) >= 11 is 0. The van der Waals surface area contributed by atoms with E-state index in [9.17, 15) is 4.39 Å². The number of anilines is 1. The van der Waals surface area contributed by atoms with Gasteiger partial charge in [-0.1, -0.05) is 0 Å². The van der Waals surface area contributed by atoms with Crippen molar-refractivity contribution in [1.29, 1.82) is 0 Å². The molecule has 7 heteroatoms. The van der Waals surface area contributed by atoms with Crippen molar-refractivity contribution < 1.29 is 9.13 Å². The predicted octanol–water partition coefficient (Wildman–Crippen LogP) is 1.95. The van der Waals surface area contributed by atoms with Crippen LogP contribution in [0.4, 0.5) is 10.1 Å². The summed E-state index contributed by atoms with van der Waals surface area (Å²) in [7, 11) is 0. The highest BCUT2D eigenvalue weighted by molar-refractivity contribution is 5.53. The zero-order valence-electron chi connectivity index (χ0n) is 10.0. The lowest BCUT2D eigenvalue weighted by molar-refractivity contribution is 0.429. The number of aromatic nitrogens is 4. The van der Waals surface area contributed by atoms with Gasteiger partial charge in [-0.2, -0.15) is 0 Å². The number of aryl methyl sites for hydroxylation is 1. The second-order valence-corrected chi connectivity index (χ2v) is 4.04. The van der Waals surface area contributed by atoms with Crippen molar-refractivity contribution in [3.63, 3.8) is 0 Å². The van der Waals surface area contributed by atoms with Crippen molar-refractivity contribution in [2.24, 2.45) is 0 Å². The lowest BCUT2D eigenvalue weighted by Gasteiger charge is -2.08. The molecule has 0 saturated carbocycles. The predicted molar refractivity (Wildman–Crippen MR) is 66.4 cm³/mol. The van der Waals surface area contributed by atoms with E-state index in [2.05, 4.69) is 15.2 Å². The fourth-order valence-electron chi connectivity index (χ4n) is 1.66. The molecular formula is C12H10FN5O. The average molecular weight is 259 g/mol. The summed E-state index contributed by atoms with van der Waals surface area (Å²) in [6.07, 6.45) is 4.70. The van der Waals surface area contributed by atoms with Crippen LogP contribution in [0.1, 0.15) is 5.56 Å². The zero-order chi connectivity index (χ0) is 13.4. The topological polar surface area (TPSA) is 78.3 Å². The maximum Gasteiger partial charge on any atom is 0.265 e. The molecule has 0 aliphatic carbocycles. The number of nitrogen functional groups attached to an aromatic ring is 1. The lowest BCUT2D eigenvalue weighted by atomic mass is 10.2. The molecule has 0 amide bonds. The first-order valence-electron chi connectivity index (χ1n) is 5.53. The van der Waals surface area contributed by atoms with Crippen LogP contribution in [0.25, 0.3) is 5.65 Å². The van der Waals surface area contributed by atoms with Gasteiger partial charge in [0.2, 0.25) is 5.65 Å². The van der Waals surface area contributed by atoms with Crippen LogP contribution in [0.15, 0.2) is 30.9 Å². The summed E-state index contributed by atoms with van der Waals surface area (Å²) in [6.45, 7) is 1.77. The Morgan fingerprint density at radius 3 is 3.05 bits per heavy atom. The smallest absolute Gasteiger partial charge is 0.265 e. The molecule has 6 nitrogen and oxygen atoms in total. The molecule has 2 N–H and O–H groups in total. The van der Waals surface area contributed by atoms with E-state index in [0.717, 1.165) is 5.56 Å². The Morgan fingerprint density at radius 1 is 1.37 bits per heavy atom. The van der Waals surface area contributed by atoms with Crippen LogP contribution in [0, 0.1) is 12.7 Å². The number of nitrogens with zero attached hydrogens (tertiary/aromatic N) is 4. The highest BCUT2D eigenvalue weighted by Crippen LogP contribution is 2.28. The van der Waals surface area contributed by atoms with Crippen LogP contribution in [0.3, 0.4) is 0 Å². The molecule has 3 rings (SSSR count). The number of nitrogens with two attached hydrogens (primary N) is 1. The largest absolute Gasteiger partial charge is 0.433 e. The number of fused-ring (bicyclic) bond motifs is 1. The minimum atomic E-state index is -0.550. The molecule has 0 saturated heterocycles. The van der Waals surface area contributed by atoms with Gasteiger partial charge in [0, 0.05) is 24.1 Å². The van der Waals surface area contributed by atoms with Crippen LogP contribution < -0.4 is 10.5 Å². The van der Waals surface area contributed by atoms with E-state index in [-0.39, 0.29) is 11.6 Å². The van der Waals surface area contributed by atoms with Gasteiger partial charge >= 0.3 is 0 Å². The molecular weight excluding hydrogens is 249 g/mol. The van der Waals surface area contributed by atoms with Crippen LogP contribution in [0.5, 0.6) is 11.6 Å². The van der Waals surface area contributed by atoms with Crippen molar-refractivity contribution in [3.05, 3.63) is 42.2 Å². The summed E-state index contributed by atoms with van der Waals surface area (Å²) in [6, 6.07) is 2.74. The molecule has 0 aliphatic rings. The number of halogens is 1. The Balaban J connectivity index is 2.06. The third kappa shape index (κ3) is 1.95. The van der Waals surface area contributed by atoms with E-state index in [1.807, 2.05) is 0 Å². The van der Waals surface area contributed by atoms with Crippen LogP contribution in [0.2, 0.25) is 0 Å². The van der Waals surface area contributed by atoms with E-state index in [0.29, 0.717) is 11.3 Å². The molecule has 0 aliphatic heterocycles. The summed E-state index contributed by atoms with van der Waals surface area (Å²) in [5.74, 6) is -0.315. The average Bonchev–Trinajstić information content (AvgIpc) is 2.85. The van der Waals surface area contributed by atoms with E-state index in [1.165, 1.54) is 24.7 Å². The Labute approximate surface area is 107 Å². The van der Waals surface area contributed by atoms with Gasteiger partial charge in [0.1, 0.15) is 6.33 Å². The zero-order valence-corrected chi connectivity index (χ0v) is 10.0. The van der Waals surface area contributed by atoms with Crippen molar-refractivity contribution >= 4 is 11.3 Å². The molecule has 0 bridgehead atoms. The molecule has 19 heavy (non-hydrogen) atoms. The third-order valence-electron chi connectivity index (χ3n) is 2.71. The van der Waals surface area contributed by atoms with Crippen LogP contribution in [-0.4, -0.2) is 19.6 Å². The molecule has 96 valence electrons. The fourth-order valence-corrected chi connectivity index (χ4v) is 1.66. The van der Waals surface area contributed by atoms with Gasteiger partial charge in [0.15, 0.2) is 11.6 Å². The Bertz CT molecular complexity index is 755. The van der Waals surface area contributed by atoms with E-state index < -0.39 is 5.82 Å². The molecule has 2 aromatic heterocycles. The van der Waals surface area contributed by atoms with Crippen LogP contribution >= 0.6 is 0 Å². The van der Waals surface area contributed by atoms with Crippen molar-refractivity contribution in [3.8, 4) is 11.6 Å². The second kappa shape index (κ2) is 4.20. The van der Waals surface area contributed by atoms with E-state index in [1.54, 1.807) is 17.5 Å². The van der Waals surface area contributed by atoms with Gasteiger partial charge in [-0.25, -0.2) is 9.37 Å². The molecule has 0 fully saturated rings. The number of benzene rings is 1. The van der Waals surface area contributed by atoms with E-state index >= 15 is 0 Å². The van der Waals surface area contributed by atoms with Gasteiger partial charge in [-0.15, -0.1) is 10.2 Å². The monoisotopic (exact) mass is 259 g/mol. The maximum atomic E-state index is 13.8. The molecule has 0 spiro atoms. The highest BCUT2D eigenvalue weighted by Gasteiger charge is 2.12. The van der Waals surface area contributed by atoms with Gasteiger partial charge in [-0.05, 0) is 18.6 Å². The standard InChI is InChI=1S/C12H10FN5O/c1-7-4-10(8(13)5-9(7)14)19-12-11-17-16-6-18(11)3-2-15-12/h2-6H,14H2,1H3. The van der Waals surface area contributed by atoms with E-state index in [4.69, 9.17) is 10.5 Å². The second-order valence-electron chi connectivity index (χ2n) is 4.04. The first kappa shape index (κ1) is 11.4. The Kier molecular flexibility index (Phi) is 2.52. The molecule has 0 atom stereocenters. The SMILES string of the molecule is Cc1cc(Oc2nccn3cnnc23)c(F)cc1N. The van der Waals surface area contributed by atoms with Gasteiger partial charge in [0.25, 0.3) is 5.88 Å². The first-order valence-corrected chi connectivity index (χ1v) is 5.53. The van der Waals surface area contributed by atoms with Gasteiger partial charge < -0.3 is 10.5 Å². The lowest BCUT2D eigenvalue weighted by Crippen LogP contribution is -1.97. The molecule has 2 heterocycles. The summed E-state index contributed by atoms with van der Waals surface area (Å²) in [4.78, 5) is 4.02. The number of hydrogen-bond acceptors (Lipinski definition) is 5. The van der Waals surface area contributed by atoms with Gasteiger partial charge in [-0.3, -0.25) is 4.40 Å². The number of ether oxygens (including phenoxy) is 1. The summed E-state index contributed by atoms with van der Waals surface area (Å²) < 4.78 is 20.8.